The summed E-state index contributed by atoms with van der Waals surface area (Å²) in [6.45, 7) is 4.66. The summed E-state index contributed by atoms with van der Waals surface area (Å²) in [6, 6.07) is 42.7. The van der Waals surface area contributed by atoms with Crippen molar-refractivity contribution >= 4 is 33.9 Å². The number of rotatable bonds is 5. The smallest absolute Gasteiger partial charge is 0.0683 e. The molecule has 1 unspecified atom stereocenters. The van der Waals surface area contributed by atoms with Gasteiger partial charge in [-0.3, -0.25) is 0 Å². The summed E-state index contributed by atoms with van der Waals surface area (Å²) < 4.78 is 0. The summed E-state index contributed by atoms with van der Waals surface area (Å²) >= 11 is 0. The van der Waals surface area contributed by atoms with Gasteiger partial charge >= 0.3 is 0 Å². The van der Waals surface area contributed by atoms with Gasteiger partial charge in [0.15, 0.2) is 0 Å². The Balaban J connectivity index is 1.32. The summed E-state index contributed by atoms with van der Waals surface area (Å²) in [5, 5.41) is 0. The Kier molecular flexibility index (Phi) is 6.69. The highest BCUT2D eigenvalue weighted by Gasteiger charge is 2.51. The minimum absolute atomic E-state index is 0.353. The fourth-order valence-electron chi connectivity index (χ4n) is 7.99. The topological polar surface area (TPSA) is 6.48 Å². The molecule has 0 saturated heterocycles. The maximum atomic E-state index is 2.47. The van der Waals surface area contributed by atoms with Crippen LogP contribution in [0.2, 0.25) is 0 Å². The molecule has 0 fully saturated rings. The van der Waals surface area contributed by atoms with Gasteiger partial charge in [-0.2, -0.15) is 0 Å². The van der Waals surface area contributed by atoms with Gasteiger partial charge < -0.3 is 9.80 Å². The van der Waals surface area contributed by atoms with E-state index in [9.17, 15) is 0 Å². The number of benzene rings is 5. The van der Waals surface area contributed by atoms with Crippen LogP contribution in [0, 0.1) is 0 Å². The van der Waals surface area contributed by atoms with Crippen LogP contribution in [0.4, 0.5) is 22.7 Å². The molecule has 2 nitrogen and oxygen atoms in total. The van der Waals surface area contributed by atoms with E-state index in [-0.39, 0.29) is 5.41 Å². The molecule has 1 spiro atoms. The molecule has 0 N–H and O–H groups in total. The van der Waals surface area contributed by atoms with Crippen molar-refractivity contribution in [2.75, 3.05) is 23.9 Å². The summed E-state index contributed by atoms with van der Waals surface area (Å²) in [4.78, 5) is 4.67. The average Bonchev–Trinajstić information content (AvgIpc) is 3.33. The largest absolute Gasteiger partial charge is 0.345 e. The quantitative estimate of drug-likeness (QED) is 0.200. The fraction of sp³-hybridized carbons (Fsp3) is 0.136. The molecular weight excluding hydrogens is 556 g/mol. The highest BCUT2D eigenvalue weighted by atomic mass is 15.1. The van der Waals surface area contributed by atoms with Crippen LogP contribution in [-0.2, 0) is 5.41 Å². The molecule has 8 rings (SSSR count). The van der Waals surface area contributed by atoms with E-state index in [0.717, 1.165) is 6.42 Å². The number of hydrogen-bond donors (Lipinski definition) is 0. The van der Waals surface area contributed by atoms with Crippen molar-refractivity contribution in [1.29, 1.82) is 0 Å². The van der Waals surface area contributed by atoms with Gasteiger partial charge in [0.2, 0.25) is 0 Å². The fourth-order valence-corrected chi connectivity index (χ4v) is 7.99. The lowest BCUT2D eigenvalue weighted by Crippen LogP contribution is -2.27. The van der Waals surface area contributed by atoms with Crippen molar-refractivity contribution in [1.82, 2.24) is 0 Å². The Morgan fingerprint density at radius 3 is 1.89 bits per heavy atom. The van der Waals surface area contributed by atoms with E-state index in [1.807, 2.05) is 0 Å². The average molecular weight is 595 g/mol. The number of hydrogen-bond acceptors (Lipinski definition) is 2. The predicted octanol–water partition coefficient (Wildman–Crippen LogP) is 11.2. The van der Waals surface area contributed by atoms with Gasteiger partial charge in [0, 0.05) is 42.4 Å². The van der Waals surface area contributed by atoms with E-state index in [2.05, 4.69) is 183 Å². The SMILES string of the molecule is CC1=C(C)C2(c3ccccc31)c1cc(N(C)c3ccccc3)ccc1-c1ccc(N(C)c3ccccc3C3=CC=CC=CC3)cc12. The molecule has 1 atom stereocenters. The number of nitrogens with zero attached hydrogens (tertiary/aromatic N) is 2. The molecule has 0 aromatic heterocycles. The molecule has 5 aromatic carbocycles. The van der Waals surface area contributed by atoms with E-state index < -0.39 is 0 Å². The van der Waals surface area contributed by atoms with Gasteiger partial charge in [0.1, 0.15) is 0 Å². The number of para-hydroxylation sites is 2. The summed E-state index contributed by atoms with van der Waals surface area (Å²) in [6.07, 6.45) is 11.8. The Morgan fingerprint density at radius 1 is 0.522 bits per heavy atom. The van der Waals surface area contributed by atoms with Gasteiger partial charge in [-0.15, -0.1) is 0 Å². The van der Waals surface area contributed by atoms with Gasteiger partial charge in [-0.1, -0.05) is 109 Å². The lowest BCUT2D eigenvalue weighted by molar-refractivity contribution is 0.765. The van der Waals surface area contributed by atoms with Crippen molar-refractivity contribution in [3.63, 3.8) is 0 Å². The molecule has 0 radical (unpaired) electrons. The van der Waals surface area contributed by atoms with Crippen LogP contribution >= 0.6 is 0 Å². The Bertz CT molecular complexity index is 2130. The maximum Gasteiger partial charge on any atom is 0.0683 e. The van der Waals surface area contributed by atoms with Crippen LogP contribution in [0.5, 0.6) is 0 Å². The minimum atomic E-state index is -0.353. The lowest BCUT2D eigenvalue weighted by Gasteiger charge is -2.33. The van der Waals surface area contributed by atoms with Crippen molar-refractivity contribution in [2.24, 2.45) is 0 Å². The molecule has 0 amide bonds. The molecule has 0 saturated carbocycles. The Morgan fingerprint density at radius 2 is 1.15 bits per heavy atom. The van der Waals surface area contributed by atoms with Gasteiger partial charge in [-0.25, -0.2) is 0 Å². The molecule has 5 aromatic rings. The van der Waals surface area contributed by atoms with E-state index in [1.165, 1.54) is 78.4 Å². The van der Waals surface area contributed by atoms with E-state index in [0.29, 0.717) is 0 Å². The first-order chi connectivity index (χ1) is 22.5. The molecule has 46 heavy (non-hydrogen) atoms. The lowest BCUT2D eigenvalue weighted by atomic mass is 9.70. The summed E-state index contributed by atoms with van der Waals surface area (Å²) in [7, 11) is 4.38. The molecule has 3 aliphatic carbocycles. The molecular formula is C44H38N2. The van der Waals surface area contributed by atoms with Crippen molar-refractivity contribution < 1.29 is 0 Å². The molecule has 0 heterocycles. The minimum Gasteiger partial charge on any atom is -0.345 e. The first-order valence-corrected chi connectivity index (χ1v) is 16.2. The van der Waals surface area contributed by atoms with Crippen LogP contribution in [0.25, 0.3) is 22.3 Å². The normalized spacial score (nSPS) is 17.4. The second-order valence-corrected chi connectivity index (χ2v) is 12.7. The van der Waals surface area contributed by atoms with Gasteiger partial charge in [0.05, 0.1) is 5.41 Å². The van der Waals surface area contributed by atoms with E-state index in [1.54, 1.807) is 0 Å². The van der Waals surface area contributed by atoms with E-state index >= 15 is 0 Å². The second-order valence-electron chi connectivity index (χ2n) is 12.7. The molecule has 224 valence electrons. The zero-order valence-corrected chi connectivity index (χ0v) is 27.0. The second kappa shape index (κ2) is 10.9. The zero-order valence-electron chi connectivity index (χ0n) is 27.0. The van der Waals surface area contributed by atoms with Crippen molar-refractivity contribution in [3.8, 4) is 11.1 Å². The van der Waals surface area contributed by atoms with Crippen LogP contribution in [0.1, 0.15) is 48.1 Å². The predicted molar refractivity (Wildman–Crippen MR) is 196 cm³/mol. The molecule has 0 aliphatic heterocycles. The maximum absolute atomic E-state index is 2.47. The van der Waals surface area contributed by atoms with Crippen LogP contribution in [0.3, 0.4) is 0 Å². The van der Waals surface area contributed by atoms with Gasteiger partial charge in [0.25, 0.3) is 0 Å². The molecule has 2 heteroatoms. The monoisotopic (exact) mass is 594 g/mol. The standard InChI is InChI=1S/C44H38N2/c1-30-31(2)44(40-22-14-12-20-36(30)40)41-28-34(45(3)33-18-10-7-11-19-33)24-26-38(41)39-27-25-35(29-42(39)44)46(4)43-23-15-13-21-37(43)32-16-8-5-6-9-17-32/h5-16,18-29H,17H2,1-4H3. The third-order valence-corrected chi connectivity index (χ3v) is 10.5. The highest BCUT2D eigenvalue weighted by Crippen LogP contribution is 2.62. The number of fused-ring (bicyclic) bond motifs is 7. The Labute approximate surface area is 273 Å². The third-order valence-electron chi connectivity index (χ3n) is 10.5. The third kappa shape index (κ3) is 4.10. The van der Waals surface area contributed by atoms with Crippen LogP contribution in [0.15, 0.2) is 151 Å². The molecule has 0 bridgehead atoms. The first kappa shape index (κ1) is 28.2. The Hall–Kier alpha value is -5.34. The number of anilines is 4. The highest BCUT2D eigenvalue weighted by molar-refractivity contribution is 5.96. The van der Waals surface area contributed by atoms with E-state index in [4.69, 9.17) is 0 Å². The summed E-state index contributed by atoms with van der Waals surface area (Å²) in [5.74, 6) is 0. The summed E-state index contributed by atoms with van der Waals surface area (Å²) in [5.41, 5.74) is 17.9. The van der Waals surface area contributed by atoms with Crippen molar-refractivity contribution in [2.45, 2.75) is 25.7 Å². The first-order valence-electron chi connectivity index (χ1n) is 16.2. The molecule has 3 aliphatic rings. The van der Waals surface area contributed by atoms with Crippen molar-refractivity contribution in [3.05, 3.63) is 179 Å². The zero-order chi connectivity index (χ0) is 31.4. The van der Waals surface area contributed by atoms with Crippen LogP contribution < -0.4 is 9.80 Å². The van der Waals surface area contributed by atoms with Crippen LogP contribution in [-0.4, -0.2) is 14.1 Å². The number of allylic oxidation sites excluding steroid dienone is 8. The van der Waals surface area contributed by atoms with Gasteiger partial charge in [-0.05, 0) is 107 Å².